The summed E-state index contributed by atoms with van der Waals surface area (Å²) in [7, 11) is 0. The van der Waals surface area contributed by atoms with Gasteiger partial charge in [-0.3, -0.25) is 9.59 Å². The van der Waals surface area contributed by atoms with Crippen molar-refractivity contribution < 1.29 is 14.0 Å². The second-order valence-electron chi connectivity index (χ2n) is 4.92. The molecular formula is C17H16BrFN2O2. The Kier molecular flexibility index (Phi) is 6.29. The largest absolute Gasteiger partial charge is 0.354 e. The number of hydrogen-bond donors (Lipinski definition) is 2. The van der Waals surface area contributed by atoms with Gasteiger partial charge in [0.1, 0.15) is 5.82 Å². The quantitative estimate of drug-likeness (QED) is 0.811. The minimum absolute atomic E-state index is 0.0885. The molecule has 4 nitrogen and oxygen atoms in total. The number of amides is 2. The standard InChI is InChI=1S/C17H16BrFN2O2/c18-14-3-1-2-13(10-14)17(23)21-11-16(22)20-9-8-12-4-6-15(19)7-5-12/h1-7,10H,8-9,11H2,(H,20,22)(H,21,23). The summed E-state index contributed by atoms with van der Waals surface area (Å²) in [6.07, 6.45) is 0.603. The molecule has 0 atom stereocenters. The predicted molar refractivity (Wildman–Crippen MR) is 89.6 cm³/mol. The van der Waals surface area contributed by atoms with E-state index in [0.29, 0.717) is 18.5 Å². The highest BCUT2D eigenvalue weighted by molar-refractivity contribution is 9.10. The summed E-state index contributed by atoms with van der Waals surface area (Å²) in [5.74, 6) is -0.858. The fraction of sp³-hybridized carbons (Fsp3) is 0.176. The molecule has 2 N–H and O–H groups in total. The normalized spacial score (nSPS) is 10.2. The van der Waals surface area contributed by atoms with Crippen molar-refractivity contribution in [2.24, 2.45) is 0 Å². The Hall–Kier alpha value is -2.21. The molecule has 0 spiro atoms. The first-order valence-corrected chi connectivity index (χ1v) is 7.89. The highest BCUT2D eigenvalue weighted by Crippen LogP contribution is 2.11. The van der Waals surface area contributed by atoms with Crippen LogP contribution in [0.4, 0.5) is 4.39 Å². The lowest BCUT2D eigenvalue weighted by molar-refractivity contribution is -0.120. The molecule has 0 aromatic heterocycles. The molecule has 23 heavy (non-hydrogen) atoms. The van der Waals surface area contributed by atoms with Crippen LogP contribution in [0.3, 0.4) is 0 Å². The van der Waals surface area contributed by atoms with E-state index in [9.17, 15) is 14.0 Å². The Balaban J connectivity index is 1.70. The first-order chi connectivity index (χ1) is 11.0. The van der Waals surface area contributed by atoms with E-state index in [1.54, 1.807) is 30.3 Å². The van der Waals surface area contributed by atoms with Crippen molar-refractivity contribution in [3.05, 3.63) is 69.9 Å². The Bertz CT molecular complexity index is 689. The Morgan fingerprint density at radius 1 is 1.04 bits per heavy atom. The average molecular weight is 379 g/mol. The number of rotatable bonds is 6. The summed E-state index contributed by atoms with van der Waals surface area (Å²) in [5, 5.41) is 5.27. The zero-order chi connectivity index (χ0) is 16.7. The number of benzene rings is 2. The highest BCUT2D eigenvalue weighted by Gasteiger charge is 2.08. The smallest absolute Gasteiger partial charge is 0.251 e. The van der Waals surface area contributed by atoms with E-state index in [0.717, 1.165) is 10.0 Å². The van der Waals surface area contributed by atoms with Crippen LogP contribution in [-0.2, 0) is 11.2 Å². The van der Waals surface area contributed by atoms with E-state index in [1.807, 2.05) is 6.07 Å². The van der Waals surface area contributed by atoms with Crippen LogP contribution in [0.15, 0.2) is 53.0 Å². The summed E-state index contributed by atoms with van der Waals surface area (Å²) in [5.41, 5.74) is 1.42. The number of hydrogen-bond acceptors (Lipinski definition) is 2. The van der Waals surface area contributed by atoms with Crippen LogP contribution in [0.2, 0.25) is 0 Å². The van der Waals surface area contributed by atoms with Gasteiger partial charge in [0.2, 0.25) is 5.91 Å². The number of carbonyl (C=O) groups excluding carboxylic acids is 2. The number of carbonyl (C=O) groups is 2. The van der Waals surface area contributed by atoms with E-state index >= 15 is 0 Å². The molecule has 0 aliphatic rings. The van der Waals surface area contributed by atoms with Crippen molar-refractivity contribution in [1.82, 2.24) is 10.6 Å². The van der Waals surface area contributed by atoms with Crippen molar-refractivity contribution in [3.8, 4) is 0 Å². The minimum Gasteiger partial charge on any atom is -0.354 e. The van der Waals surface area contributed by atoms with Gasteiger partial charge in [-0.25, -0.2) is 4.39 Å². The maximum Gasteiger partial charge on any atom is 0.251 e. The fourth-order valence-corrected chi connectivity index (χ4v) is 2.35. The third kappa shape index (κ3) is 5.83. The Labute approximate surface area is 142 Å². The van der Waals surface area contributed by atoms with Gasteiger partial charge in [0.05, 0.1) is 6.54 Å². The van der Waals surface area contributed by atoms with Crippen molar-refractivity contribution in [2.75, 3.05) is 13.1 Å². The lowest BCUT2D eigenvalue weighted by Crippen LogP contribution is -2.37. The average Bonchev–Trinajstić information content (AvgIpc) is 2.54. The van der Waals surface area contributed by atoms with Gasteiger partial charge in [0.15, 0.2) is 0 Å². The zero-order valence-corrected chi connectivity index (χ0v) is 13.9. The SMILES string of the molecule is O=C(CNC(=O)c1cccc(Br)c1)NCCc1ccc(F)cc1. The molecule has 0 aliphatic carbocycles. The van der Waals surface area contributed by atoms with Gasteiger partial charge in [-0.1, -0.05) is 34.1 Å². The van der Waals surface area contributed by atoms with Crippen LogP contribution in [0.25, 0.3) is 0 Å². The number of nitrogens with one attached hydrogen (secondary N) is 2. The van der Waals surface area contributed by atoms with E-state index in [-0.39, 0.29) is 24.2 Å². The van der Waals surface area contributed by atoms with Crippen LogP contribution < -0.4 is 10.6 Å². The molecule has 2 amide bonds. The van der Waals surface area contributed by atoms with Gasteiger partial charge < -0.3 is 10.6 Å². The molecule has 6 heteroatoms. The van der Waals surface area contributed by atoms with Crippen LogP contribution >= 0.6 is 15.9 Å². The molecule has 0 saturated carbocycles. The van der Waals surface area contributed by atoms with Crippen LogP contribution in [0, 0.1) is 5.82 Å². The molecule has 0 aliphatic heterocycles. The maximum atomic E-state index is 12.8. The maximum absolute atomic E-state index is 12.8. The van der Waals surface area contributed by atoms with E-state index in [1.165, 1.54) is 12.1 Å². The molecule has 0 unspecified atom stereocenters. The lowest BCUT2D eigenvalue weighted by Gasteiger charge is -2.07. The second-order valence-corrected chi connectivity index (χ2v) is 5.84. The molecule has 0 radical (unpaired) electrons. The van der Waals surface area contributed by atoms with Crippen molar-refractivity contribution >= 4 is 27.7 Å². The monoisotopic (exact) mass is 378 g/mol. The summed E-state index contributed by atoms with van der Waals surface area (Å²) < 4.78 is 13.6. The zero-order valence-electron chi connectivity index (χ0n) is 12.3. The van der Waals surface area contributed by atoms with Gasteiger partial charge in [-0.05, 0) is 42.3 Å². The van der Waals surface area contributed by atoms with E-state index < -0.39 is 0 Å². The van der Waals surface area contributed by atoms with Gasteiger partial charge in [0, 0.05) is 16.6 Å². The first-order valence-electron chi connectivity index (χ1n) is 7.09. The lowest BCUT2D eigenvalue weighted by atomic mass is 10.1. The molecule has 0 bridgehead atoms. The first kappa shape index (κ1) is 17.1. The molecule has 2 aromatic rings. The third-order valence-electron chi connectivity index (χ3n) is 3.15. The van der Waals surface area contributed by atoms with E-state index in [2.05, 4.69) is 26.6 Å². The number of halogens is 2. The molecule has 0 fully saturated rings. The summed E-state index contributed by atoms with van der Waals surface area (Å²) >= 11 is 3.29. The minimum atomic E-state index is -0.306. The molecule has 0 heterocycles. The van der Waals surface area contributed by atoms with Crippen molar-refractivity contribution in [3.63, 3.8) is 0 Å². The Morgan fingerprint density at radius 3 is 2.48 bits per heavy atom. The summed E-state index contributed by atoms with van der Waals surface area (Å²) in [6.45, 7) is 0.339. The summed E-state index contributed by atoms with van der Waals surface area (Å²) in [6, 6.07) is 13.0. The topological polar surface area (TPSA) is 58.2 Å². The molecule has 120 valence electrons. The van der Waals surface area contributed by atoms with Crippen molar-refractivity contribution in [2.45, 2.75) is 6.42 Å². The molecule has 2 aromatic carbocycles. The van der Waals surface area contributed by atoms with Gasteiger partial charge in [0.25, 0.3) is 5.91 Å². The predicted octanol–water partition coefficient (Wildman–Crippen LogP) is 2.68. The third-order valence-corrected chi connectivity index (χ3v) is 3.64. The van der Waals surface area contributed by atoms with Gasteiger partial charge in [-0.2, -0.15) is 0 Å². The molecule has 0 saturated heterocycles. The van der Waals surface area contributed by atoms with Gasteiger partial charge in [-0.15, -0.1) is 0 Å². The highest BCUT2D eigenvalue weighted by atomic mass is 79.9. The second kappa shape index (κ2) is 8.43. The van der Waals surface area contributed by atoms with Crippen LogP contribution in [-0.4, -0.2) is 24.9 Å². The van der Waals surface area contributed by atoms with Gasteiger partial charge >= 0.3 is 0 Å². The van der Waals surface area contributed by atoms with Crippen molar-refractivity contribution in [1.29, 1.82) is 0 Å². The van der Waals surface area contributed by atoms with Crippen LogP contribution in [0.5, 0.6) is 0 Å². The summed E-state index contributed by atoms with van der Waals surface area (Å²) in [4.78, 5) is 23.6. The van der Waals surface area contributed by atoms with E-state index in [4.69, 9.17) is 0 Å². The Morgan fingerprint density at radius 2 is 1.78 bits per heavy atom. The van der Waals surface area contributed by atoms with Crippen LogP contribution in [0.1, 0.15) is 15.9 Å². The molecular weight excluding hydrogens is 363 g/mol. The fourth-order valence-electron chi connectivity index (χ4n) is 1.95. The molecule has 2 rings (SSSR count).